The van der Waals surface area contributed by atoms with Crippen molar-refractivity contribution in [3.63, 3.8) is 0 Å². The monoisotopic (exact) mass is 168 g/mol. The summed E-state index contributed by atoms with van der Waals surface area (Å²) in [6.45, 7) is 4.71. The van der Waals surface area contributed by atoms with Gasteiger partial charge in [0.25, 0.3) is 0 Å². The van der Waals surface area contributed by atoms with E-state index in [0.29, 0.717) is 6.61 Å². The second-order valence-corrected chi connectivity index (χ2v) is 3.98. The van der Waals surface area contributed by atoms with Crippen LogP contribution >= 0.6 is 0 Å². The summed E-state index contributed by atoms with van der Waals surface area (Å²) in [5, 5.41) is 12.1. The SMILES string of the molecule is CNC1(C#N)CCOC(C)(C)C1. The topological polar surface area (TPSA) is 45.0 Å². The zero-order valence-electron chi connectivity index (χ0n) is 7.98. The molecule has 1 atom stereocenters. The van der Waals surface area contributed by atoms with E-state index in [4.69, 9.17) is 10.00 Å². The standard InChI is InChI=1S/C9H16N2O/c1-8(2)6-9(7-10,11-3)4-5-12-8/h11H,4-6H2,1-3H3. The summed E-state index contributed by atoms with van der Waals surface area (Å²) in [6.07, 6.45) is 1.54. The fourth-order valence-electron chi connectivity index (χ4n) is 1.73. The highest BCUT2D eigenvalue weighted by molar-refractivity contribution is 5.10. The van der Waals surface area contributed by atoms with Gasteiger partial charge >= 0.3 is 0 Å². The van der Waals surface area contributed by atoms with Crippen LogP contribution in [0.25, 0.3) is 0 Å². The summed E-state index contributed by atoms with van der Waals surface area (Å²) in [6, 6.07) is 2.33. The van der Waals surface area contributed by atoms with Crippen LogP contribution in [-0.2, 0) is 4.74 Å². The zero-order chi connectivity index (χ0) is 9.24. The number of hydrogen-bond acceptors (Lipinski definition) is 3. The Kier molecular flexibility index (Phi) is 2.41. The maximum absolute atomic E-state index is 9.01. The molecule has 1 heterocycles. The summed E-state index contributed by atoms with van der Waals surface area (Å²) >= 11 is 0. The van der Waals surface area contributed by atoms with Gasteiger partial charge in [0.05, 0.1) is 18.3 Å². The van der Waals surface area contributed by atoms with Crippen molar-refractivity contribution < 1.29 is 4.74 Å². The molecule has 0 bridgehead atoms. The van der Waals surface area contributed by atoms with Crippen LogP contribution in [0.3, 0.4) is 0 Å². The second-order valence-electron chi connectivity index (χ2n) is 3.98. The molecular weight excluding hydrogens is 152 g/mol. The zero-order valence-corrected chi connectivity index (χ0v) is 7.98. The van der Waals surface area contributed by atoms with E-state index in [-0.39, 0.29) is 11.1 Å². The van der Waals surface area contributed by atoms with Crippen LogP contribution < -0.4 is 5.32 Å². The predicted molar refractivity (Wildman–Crippen MR) is 46.7 cm³/mol. The molecule has 1 saturated heterocycles. The minimum atomic E-state index is -0.373. The van der Waals surface area contributed by atoms with Crippen molar-refractivity contribution in [2.45, 2.75) is 37.8 Å². The number of nitrogens with zero attached hydrogens (tertiary/aromatic N) is 1. The molecule has 1 aliphatic rings. The molecule has 0 radical (unpaired) electrons. The highest BCUT2D eigenvalue weighted by Crippen LogP contribution is 2.30. The number of ether oxygens (including phenoxy) is 1. The molecule has 0 spiro atoms. The molecule has 1 N–H and O–H groups in total. The van der Waals surface area contributed by atoms with Gasteiger partial charge in [-0.15, -0.1) is 0 Å². The first-order chi connectivity index (χ1) is 5.54. The van der Waals surface area contributed by atoms with E-state index >= 15 is 0 Å². The molecule has 1 rings (SSSR count). The normalized spacial score (nSPS) is 34.2. The maximum atomic E-state index is 9.01. The Balaban J connectivity index is 2.74. The predicted octanol–water partition coefficient (Wildman–Crippen LogP) is 1.06. The minimum absolute atomic E-state index is 0.170. The summed E-state index contributed by atoms with van der Waals surface area (Å²) < 4.78 is 5.53. The van der Waals surface area contributed by atoms with Crippen molar-refractivity contribution in [1.29, 1.82) is 5.26 Å². The van der Waals surface area contributed by atoms with E-state index in [2.05, 4.69) is 11.4 Å². The molecule has 68 valence electrons. The Bertz CT molecular complexity index is 207. The van der Waals surface area contributed by atoms with Crippen LogP contribution in [0.5, 0.6) is 0 Å². The minimum Gasteiger partial charge on any atom is -0.375 e. The lowest BCUT2D eigenvalue weighted by Gasteiger charge is -2.40. The first-order valence-electron chi connectivity index (χ1n) is 4.28. The fraction of sp³-hybridized carbons (Fsp3) is 0.889. The fourth-order valence-corrected chi connectivity index (χ4v) is 1.73. The largest absolute Gasteiger partial charge is 0.375 e. The Morgan fingerprint density at radius 3 is 2.50 bits per heavy atom. The average Bonchev–Trinajstić information content (AvgIpc) is 2.02. The van der Waals surface area contributed by atoms with Crippen molar-refractivity contribution in [3.05, 3.63) is 0 Å². The van der Waals surface area contributed by atoms with Crippen LogP contribution in [0.4, 0.5) is 0 Å². The first-order valence-corrected chi connectivity index (χ1v) is 4.28. The van der Waals surface area contributed by atoms with Crippen LogP contribution in [-0.4, -0.2) is 24.8 Å². The Morgan fingerprint density at radius 1 is 1.50 bits per heavy atom. The van der Waals surface area contributed by atoms with E-state index in [1.54, 1.807) is 0 Å². The van der Waals surface area contributed by atoms with Gasteiger partial charge in [-0.1, -0.05) is 0 Å². The summed E-state index contributed by atoms with van der Waals surface area (Å²) in [4.78, 5) is 0. The maximum Gasteiger partial charge on any atom is 0.111 e. The number of rotatable bonds is 1. The lowest BCUT2D eigenvalue weighted by molar-refractivity contribution is -0.0748. The van der Waals surface area contributed by atoms with Crippen molar-refractivity contribution >= 4 is 0 Å². The highest BCUT2D eigenvalue weighted by Gasteiger charge is 2.39. The smallest absolute Gasteiger partial charge is 0.111 e. The molecule has 1 unspecified atom stereocenters. The highest BCUT2D eigenvalue weighted by atomic mass is 16.5. The number of hydrogen-bond donors (Lipinski definition) is 1. The van der Waals surface area contributed by atoms with Crippen LogP contribution in [0, 0.1) is 11.3 Å². The lowest BCUT2D eigenvalue weighted by Crippen LogP contribution is -2.52. The molecule has 0 aliphatic carbocycles. The van der Waals surface area contributed by atoms with Crippen molar-refractivity contribution in [2.24, 2.45) is 0 Å². The second kappa shape index (κ2) is 3.04. The van der Waals surface area contributed by atoms with Crippen molar-refractivity contribution in [2.75, 3.05) is 13.7 Å². The summed E-state index contributed by atoms with van der Waals surface area (Å²) in [5.74, 6) is 0. The van der Waals surface area contributed by atoms with Crippen LogP contribution in [0.2, 0.25) is 0 Å². The van der Waals surface area contributed by atoms with Gasteiger partial charge in [-0.05, 0) is 20.9 Å². The van der Waals surface area contributed by atoms with Gasteiger partial charge in [-0.2, -0.15) is 5.26 Å². The number of nitrogens with one attached hydrogen (secondary N) is 1. The molecule has 0 aromatic carbocycles. The molecule has 3 nitrogen and oxygen atoms in total. The van der Waals surface area contributed by atoms with Crippen molar-refractivity contribution in [1.82, 2.24) is 5.32 Å². The molecule has 0 aromatic heterocycles. The molecule has 1 aliphatic heterocycles. The van der Waals surface area contributed by atoms with Gasteiger partial charge in [0, 0.05) is 12.8 Å². The molecule has 1 fully saturated rings. The van der Waals surface area contributed by atoms with E-state index in [0.717, 1.165) is 12.8 Å². The Labute approximate surface area is 73.7 Å². The molecule has 0 saturated carbocycles. The van der Waals surface area contributed by atoms with E-state index in [9.17, 15) is 0 Å². The van der Waals surface area contributed by atoms with Crippen molar-refractivity contribution in [3.8, 4) is 6.07 Å². The van der Waals surface area contributed by atoms with Gasteiger partial charge in [-0.25, -0.2) is 0 Å². The molecular formula is C9H16N2O. The lowest BCUT2D eigenvalue weighted by atomic mass is 9.82. The van der Waals surface area contributed by atoms with E-state index in [1.165, 1.54) is 0 Å². The van der Waals surface area contributed by atoms with E-state index in [1.807, 2.05) is 20.9 Å². The van der Waals surface area contributed by atoms with Crippen LogP contribution in [0.15, 0.2) is 0 Å². The Morgan fingerprint density at radius 2 is 2.17 bits per heavy atom. The molecule has 0 amide bonds. The number of nitriles is 1. The average molecular weight is 168 g/mol. The summed E-state index contributed by atoms with van der Waals surface area (Å²) in [7, 11) is 1.84. The van der Waals surface area contributed by atoms with Gasteiger partial charge in [-0.3, -0.25) is 0 Å². The third-order valence-electron chi connectivity index (χ3n) is 2.44. The van der Waals surface area contributed by atoms with Gasteiger partial charge < -0.3 is 10.1 Å². The molecule has 3 heteroatoms. The Hall–Kier alpha value is -0.590. The van der Waals surface area contributed by atoms with Gasteiger partial charge in [0.1, 0.15) is 5.54 Å². The molecule has 0 aromatic rings. The van der Waals surface area contributed by atoms with E-state index < -0.39 is 0 Å². The third kappa shape index (κ3) is 1.77. The quantitative estimate of drug-likeness (QED) is 0.636. The molecule has 12 heavy (non-hydrogen) atoms. The van der Waals surface area contributed by atoms with Gasteiger partial charge in [0.15, 0.2) is 0 Å². The van der Waals surface area contributed by atoms with Gasteiger partial charge in [0.2, 0.25) is 0 Å². The van der Waals surface area contributed by atoms with Crippen LogP contribution in [0.1, 0.15) is 26.7 Å². The third-order valence-corrected chi connectivity index (χ3v) is 2.44. The summed E-state index contributed by atoms with van der Waals surface area (Å²) in [5.41, 5.74) is -0.543. The first kappa shape index (κ1) is 9.50.